The summed E-state index contributed by atoms with van der Waals surface area (Å²) < 4.78 is 5.05. The zero-order chi connectivity index (χ0) is 18.7. The molecule has 8 heteroatoms. The van der Waals surface area contributed by atoms with Crippen molar-refractivity contribution in [3.05, 3.63) is 23.8 Å². The van der Waals surface area contributed by atoms with E-state index in [4.69, 9.17) is 4.74 Å². The number of carbonyl (C=O) groups excluding carboxylic acids is 3. The van der Waals surface area contributed by atoms with Crippen LogP contribution in [-0.2, 0) is 14.3 Å². The molecule has 1 aliphatic carbocycles. The van der Waals surface area contributed by atoms with E-state index in [-0.39, 0.29) is 17.4 Å². The summed E-state index contributed by atoms with van der Waals surface area (Å²) in [5.41, 5.74) is -0.0958. The summed E-state index contributed by atoms with van der Waals surface area (Å²) in [7, 11) is 0. The third-order valence-electron chi connectivity index (χ3n) is 4.44. The van der Waals surface area contributed by atoms with Gasteiger partial charge in [0.1, 0.15) is 5.54 Å². The summed E-state index contributed by atoms with van der Waals surface area (Å²) in [6.07, 6.45) is 2.23. The van der Waals surface area contributed by atoms with Crippen molar-refractivity contribution < 1.29 is 19.1 Å². The molecule has 0 spiro atoms. The van der Waals surface area contributed by atoms with Crippen molar-refractivity contribution in [3.63, 3.8) is 0 Å². The average molecular weight is 373 g/mol. The molecule has 2 N–H and O–H groups in total. The highest BCUT2D eigenvalue weighted by molar-refractivity contribution is 7.99. The third kappa shape index (κ3) is 4.17. The van der Waals surface area contributed by atoms with Crippen molar-refractivity contribution >= 4 is 35.2 Å². The second-order valence-electron chi connectivity index (χ2n) is 6.57. The van der Waals surface area contributed by atoms with Crippen LogP contribution in [0.3, 0.4) is 0 Å². The second kappa shape index (κ2) is 7.38. The van der Waals surface area contributed by atoms with E-state index in [0.717, 1.165) is 17.7 Å². The lowest BCUT2D eigenvalue weighted by atomic mass is 9.98. The number of hydrogen-bond acceptors (Lipinski definition) is 6. The van der Waals surface area contributed by atoms with Gasteiger partial charge in [-0.15, -0.1) is 11.8 Å². The molecule has 1 saturated carbocycles. The molecule has 26 heavy (non-hydrogen) atoms. The van der Waals surface area contributed by atoms with E-state index < -0.39 is 24.0 Å². The van der Waals surface area contributed by atoms with Gasteiger partial charge in [-0.25, -0.2) is 4.79 Å². The van der Waals surface area contributed by atoms with E-state index in [1.54, 1.807) is 25.1 Å². The maximum atomic E-state index is 12.2. The Balaban J connectivity index is 1.59. The van der Waals surface area contributed by atoms with E-state index in [9.17, 15) is 19.6 Å². The summed E-state index contributed by atoms with van der Waals surface area (Å²) in [5, 5.41) is 14.6. The highest BCUT2D eigenvalue weighted by Crippen LogP contribution is 2.39. The van der Waals surface area contributed by atoms with E-state index in [2.05, 4.69) is 16.7 Å². The predicted octanol–water partition coefficient (Wildman–Crippen LogP) is 2.09. The molecule has 1 aliphatic heterocycles. The lowest BCUT2D eigenvalue weighted by molar-refractivity contribution is -0.125. The normalized spacial score (nSPS) is 18.4. The van der Waals surface area contributed by atoms with Crippen LogP contribution in [-0.4, -0.2) is 35.7 Å². The van der Waals surface area contributed by atoms with Crippen LogP contribution >= 0.6 is 11.8 Å². The van der Waals surface area contributed by atoms with Gasteiger partial charge in [0.2, 0.25) is 5.91 Å². The zero-order valence-corrected chi connectivity index (χ0v) is 15.1. The number of benzene rings is 1. The zero-order valence-electron chi connectivity index (χ0n) is 14.3. The van der Waals surface area contributed by atoms with Crippen LogP contribution in [0.2, 0.25) is 0 Å². The second-order valence-corrected chi connectivity index (χ2v) is 7.71. The molecule has 0 radical (unpaired) electrons. The maximum absolute atomic E-state index is 12.2. The van der Waals surface area contributed by atoms with Crippen LogP contribution in [0.1, 0.15) is 36.5 Å². The summed E-state index contributed by atoms with van der Waals surface area (Å²) in [6, 6.07) is 7.03. The van der Waals surface area contributed by atoms with Crippen molar-refractivity contribution in [3.8, 4) is 6.07 Å². The van der Waals surface area contributed by atoms with Crippen LogP contribution < -0.4 is 10.6 Å². The number of carbonyl (C=O) groups is 3. The van der Waals surface area contributed by atoms with Crippen molar-refractivity contribution in [1.29, 1.82) is 5.26 Å². The number of hydrogen-bond donors (Lipinski definition) is 2. The first-order valence-corrected chi connectivity index (χ1v) is 9.36. The summed E-state index contributed by atoms with van der Waals surface area (Å²) in [5.74, 6) is -0.430. The molecule has 1 aromatic rings. The van der Waals surface area contributed by atoms with Crippen molar-refractivity contribution in [1.82, 2.24) is 5.32 Å². The monoisotopic (exact) mass is 373 g/mol. The Morgan fingerprint density at radius 1 is 1.46 bits per heavy atom. The lowest BCUT2D eigenvalue weighted by Crippen LogP contribution is -2.48. The fourth-order valence-corrected chi connectivity index (χ4v) is 3.71. The summed E-state index contributed by atoms with van der Waals surface area (Å²) in [4.78, 5) is 36.7. The number of nitrogens with zero attached hydrogens (tertiary/aromatic N) is 1. The van der Waals surface area contributed by atoms with Gasteiger partial charge in [0.15, 0.2) is 6.61 Å². The predicted molar refractivity (Wildman–Crippen MR) is 95.6 cm³/mol. The smallest absolute Gasteiger partial charge is 0.338 e. The molecule has 1 atom stereocenters. The Kier molecular flexibility index (Phi) is 5.18. The van der Waals surface area contributed by atoms with Crippen molar-refractivity contribution in [2.75, 3.05) is 17.7 Å². The quantitative estimate of drug-likeness (QED) is 0.765. The van der Waals surface area contributed by atoms with E-state index in [1.807, 2.05) is 0 Å². The van der Waals surface area contributed by atoms with Crippen LogP contribution in [0.5, 0.6) is 0 Å². The molecule has 3 rings (SSSR count). The topological polar surface area (TPSA) is 108 Å². The van der Waals surface area contributed by atoms with Gasteiger partial charge in [-0.05, 0) is 43.9 Å². The first-order valence-electron chi connectivity index (χ1n) is 8.37. The van der Waals surface area contributed by atoms with E-state index in [1.165, 1.54) is 11.8 Å². The number of anilines is 1. The molecular weight excluding hydrogens is 354 g/mol. The molecule has 136 valence electrons. The molecule has 0 aromatic heterocycles. The van der Waals surface area contributed by atoms with Crippen molar-refractivity contribution in [2.45, 2.75) is 36.6 Å². The SMILES string of the molecule is C[C@](C#N)(NC(=O)COC(=O)c1ccc2c(c1)NC(=O)CCS2)C1CC1. The van der Waals surface area contributed by atoms with Gasteiger partial charge in [0, 0.05) is 17.1 Å². The number of fused-ring (bicyclic) bond motifs is 1. The minimum atomic E-state index is -0.922. The summed E-state index contributed by atoms with van der Waals surface area (Å²) >= 11 is 1.54. The fraction of sp³-hybridized carbons (Fsp3) is 0.444. The Bertz CT molecular complexity index is 800. The molecule has 0 unspecified atom stereocenters. The van der Waals surface area contributed by atoms with Gasteiger partial charge in [-0.2, -0.15) is 5.26 Å². The Hall–Kier alpha value is -2.53. The van der Waals surface area contributed by atoms with Gasteiger partial charge in [0.25, 0.3) is 5.91 Å². The standard InChI is InChI=1S/C18H19N3O4S/c1-18(10-19,12-3-4-12)21-16(23)9-25-17(24)11-2-5-14-13(8-11)20-15(22)6-7-26-14/h2,5,8,12H,3-4,6-7,9H2,1H3,(H,20,22)(H,21,23)/t18-/m1/s1. The first kappa shape index (κ1) is 18.3. The van der Waals surface area contributed by atoms with Gasteiger partial charge < -0.3 is 15.4 Å². The van der Waals surface area contributed by atoms with Gasteiger partial charge in [0.05, 0.1) is 17.3 Å². The number of rotatable bonds is 5. The van der Waals surface area contributed by atoms with Crippen LogP contribution in [0, 0.1) is 17.2 Å². The minimum Gasteiger partial charge on any atom is -0.452 e. The number of amides is 2. The molecule has 0 saturated heterocycles. The van der Waals surface area contributed by atoms with Crippen molar-refractivity contribution in [2.24, 2.45) is 5.92 Å². The van der Waals surface area contributed by atoms with Crippen LogP contribution in [0.4, 0.5) is 5.69 Å². The van der Waals surface area contributed by atoms with Crippen LogP contribution in [0.15, 0.2) is 23.1 Å². The number of esters is 1. The molecule has 7 nitrogen and oxygen atoms in total. The maximum Gasteiger partial charge on any atom is 0.338 e. The Labute approximate surface area is 155 Å². The molecule has 1 aromatic carbocycles. The fourth-order valence-electron chi connectivity index (χ4n) is 2.77. The Morgan fingerprint density at radius 3 is 2.92 bits per heavy atom. The minimum absolute atomic E-state index is 0.1000. The summed E-state index contributed by atoms with van der Waals surface area (Å²) in [6.45, 7) is 1.22. The average Bonchev–Trinajstić information content (AvgIpc) is 3.46. The molecular formula is C18H19N3O4S. The molecule has 0 bridgehead atoms. The molecule has 1 heterocycles. The molecule has 1 fully saturated rings. The Morgan fingerprint density at radius 2 is 2.23 bits per heavy atom. The highest BCUT2D eigenvalue weighted by atomic mass is 32.2. The van der Waals surface area contributed by atoms with Gasteiger partial charge >= 0.3 is 5.97 Å². The molecule has 2 amide bonds. The van der Waals surface area contributed by atoms with Gasteiger partial charge in [-0.1, -0.05) is 0 Å². The van der Waals surface area contributed by atoms with Gasteiger partial charge in [-0.3, -0.25) is 9.59 Å². The number of thioether (sulfide) groups is 1. The third-order valence-corrected chi connectivity index (χ3v) is 5.51. The highest BCUT2D eigenvalue weighted by Gasteiger charge is 2.43. The van der Waals surface area contributed by atoms with E-state index in [0.29, 0.717) is 17.9 Å². The van der Waals surface area contributed by atoms with Crippen LogP contribution in [0.25, 0.3) is 0 Å². The largest absolute Gasteiger partial charge is 0.452 e. The first-order chi connectivity index (χ1) is 12.4. The molecule has 2 aliphatic rings. The number of ether oxygens (including phenoxy) is 1. The lowest BCUT2D eigenvalue weighted by Gasteiger charge is -2.22. The number of nitriles is 1. The number of nitrogens with one attached hydrogen (secondary N) is 2. The van der Waals surface area contributed by atoms with E-state index >= 15 is 0 Å².